The van der Waals surface area contributed by atoms with Gasteiger partial charge in [0.2, 0.25) is 5.89 Å². The molecule has 0 saturated heterocycles. The average molecular weight is 418 g/mol. The van der Waals surface area contributed by atoms with Crippen LogP contribution < -0.4 is 4.90 Å². The number of aryl methyl sites for hydroxylation is 1. The molecule has 0 aliphatic carbocycles. The molecule has 1 aliphatic heterocycles. The van der Waals surface area contributed by atoms with Gasteiger partial charge in [0.15, 0.2) is 17.3 Å². The summed E-state index contributed by atoms with van der Waals surface area (Å²) < 4.78 is 12.7. The molecule has 3 aromatic heterocycles. The molecule has 1 aromatic carbocycles. The summed E-state index contributed by atoms with van der Waals surface area (Å²) in [6, 6.07) is 9.05. The highest BCUT2D eigenvalue weighted by molar-refractivity contribution is 6.06. The number of aromatic nitrogens is 5. The summed E-state index contributed by atoms with van der Waals surface area (Å²) in [5.41, 5.74) is 3.13. The maximum Gasteiger partial charge on any atom is 0.281 e. The highest BCUT2D eigenvalue weighted by atomic mass is 16.5. The van der Waals surface area contributed by atoms with Crippen LogP contribution in [0.15, 0.2) is 51.8 Å². The number of carbonyl (C=O) groups excluding carboxylic acids is 1. The zero-order valence-corrected chi connectivity index (χ0v) is 17.5. The number of benzene rings is 1. The quantitative estimate of drug-likeness (QED) is 0.487. The summed E-state index contributed by atoms with van der Waals surface area (Å²) >= 11 is 0. The highest BCUT2D eigenvalue weighted by Gasteiger charge is 2.39. The zero-order chi connectivity index (χ0) is 21.5. The number of nitrogens with zero attached hydrogens (tertiary/aromatic N) is 6. The van der Waals surface area contributed by atoms with Crippen molar-refractivity contribution in [2.45, 2.75) is 45.7 Å². The first-order valence-electron chi connectivity index (χ1n) is 10.2. The van der Waals surface area contributed by atoms with E-state index in [4.69, 9.17) is 9.05 Å². The topological polar surface area (TPSA) is 103 Å². The number of fused-ring (bicyclic) bond motifs is 1. The largest absolute Gasteiger partial charge is 0.359 e. The minimum absolute atomic E-state index is 0.134. The Morgan fingerprint density at radius 1 is 1.23 bits per heavy atom. The van der Waals surface area contributed by atoms with Crippen LogP contribution in [0.3, 0.4) is 0 Å². The van der Waals surface area contributed by atoms with E-state index in [-0.39, 0.29) is 23.6 Å². The number of para-hydroxylation sites is 1. The molecule has 0 spiro atoms. The number of anilines is 1. The number of carbonyl (C=O) groups is 1. The van der Waals surface area contributed by atoms with Gasteiger partial charge in [-0.15, -0.1) is 0 Å². The molecule has 4 heterocycles. The van der Waals surface area contributed by atoms with Crippen LogP contribution in [0.4, 0.5) is 5.69 Å². The third kappa shape index (κ3) is 3.52. The van der Waals surface area contributed by atoms with Crippen molar-refractivity contribution in [1.29, 1.82) is 0 Å². The van der Waals surface area contributed by atoms with Gasteiger partial charge >= 0.3 is 0 Å². The van der Waals surface area contributed by atoms with Crippen molar-refractivity contribution in [1.82, 2.24) is 25.1 Å². The van der Waals surface area contributed by atoms with Gasteiger partial charge in [0.25, 0.3) is 5.91 Å². The molecule has 9 nitrogen and oxygen atoms in total. The summed E-state index contributed by atoms with van der Waals surface area (Å²) in [6.07, 6.45) is 4.27. The van der Waals surface area contributed by atoms with Crippen LogP contribution in [0.2, 0.25) is 0 Å². The average Bonchev–Trinajstić information content (AvgIpc) is 3.53. The van der Waals surface area contributed by atoms with Gasteiger partial charge in [0, 0.05) is 30.3 Å². The van der Waals surface area contributed by atoms with Crippen molar-refractivity contribution in [3.63, 3.8) is 0 Å². The lowest BCUT2D eigenvalue weighted by molar-refractivity contribution is 0.0966. The summed E-state index contributed by atoms with van der Waals surface area (Å²) in [5, 5.41) is 12.3. The minimum Gasteiger partial charge on any atom is -0.359 e. The second kappa shape index (κ2) is 7.50. The molecule has 1 unspecified atom stereocenters. The standard InChI is InChI=1S/C22H22N6O3/c1-13(2)20-24-21(31-26-20)19-8-15-6-4-5-7-18(15)28(19)22(29)17-9-16(30-25-17)12-27-11-14(3)10-23-27/h4-7,9-11,13,19H,8,12H2,1-3H3. The van der Waals surface area contributed by atoms with Crippen molar-refractivity contribution < 1.29 is 13.8 Å². The Morgan fingerprint density at radius 2 is 2.06 bits per heavy atom. The van der Waals surface area contributed by atoms with Gasteiger partial charge in [0.1, 0.15) is 12.6 Å². The molecule has 0 N–H and O–H groups in total. The van der Waals surface area contributed by atoms with Crippen molar-refractivity contribution in [3.8, 4) is 0 Å². The van der Waals surface area contributed by atoms with Crippen LogP contribution in [-0.2, 0) is 13.0 Å². The van der Waals surface area contributed by atoms with Crippen LogP contribution in [0.25, 0.3) is 0 Å². The van der Waals surface area contributed by atoms with Crippen molar-refractivity contribution in [3.05, 3.63) is 77.0 Å². The van der Waals surface area contributed by atoms with Gasteiger partial charge in [-0.3, -0.25) is 14.4 Å². The van der Waals surface area contributed by atoms with E-state index in [0.717, 1.165) is 16.8 Å². The van der Waals surface area contributed by atoms with E-state index < -0.39 is 0 Å². The molecule has 0 fully saturated rings. The van der Waals surface area contributed by atoms with E-state index in [1.165, 1.54) is 0 Å². The van der Waals surface area contributed by atoms with Gasteiger partial charge in [0.05, 0.1) is 6.20 Å². The lowest BCUT2D eigenvalue weighted by Crippen LogP contribution is -2.32. The third-order valence-electron chi connectivity index (χ3n) is 5.31. The van der Waals surface area contributed by atoms with E-state index in [2.05, 4.69) is 20.4 Å². The van der Waals surface area contributed by atoms with Crippen molar-refractivity contribution in [2.75, 3.05) is 4.90 Å². The Morgan fingerprint density at radius 3 is 2.81 bits per heavy atom. The molecular formula is C22H22N6O3. The Bertz CT molecular complexity index is 1240. The second-order valence-corrected chi connectivity index (χ2v) is 8.06. The Labute approximate surface area is 178 Å². The SMILES string of the molecule is Cc1cnn(Cc2cc(C(=O)N3c4ccccc4CC3c3nc(C(C)C)no3)no2)c1. The summed E-state index contributed by atoms with van der Waals surface area (Å²) in [4.78, 5) is 19.7. The van der Waals surface area contributed by atoms with Gasteiger partial charge in [-0.25, -0.2) is 0 Å². The molecule has 1 atom stereocenters. The first-order chi connectivity index (χ1) is 15.0. The lowest BCUT2D eigenvalue weighted by atomic mass is 10.1. The van der Waals surface area contributed by atoms with Crippen molar-refractivity contribution >= 4 is 11.6 Å². The van der Waals surface area contributed by atoms with Gasteiger partial charge in [-0.05, 0) is 24.1 Å². The molecule has 158 valence electrons. The van der Waals surface area contributed by atoms with Gasteiger partial charge < -0.3 is 9.05 Å². The van der Waals surface area contributed by atoms with Gasteiger partial charge in [-0.2, -0.15) is 10.1 Å². The number of rotatable bonds is 5. The van der Waals surface area contributed by atoms with Gasteiger partial charge in [-0.1, -0.05) is 42.4 Å². The van der Waals surface area contributed by atoms with E-state index in [1.54, 1.807) is 21.8 Å². The highest BCUT2D eigenvalue weighted by Crippen LogP contribution is 2.40. The van der Waals surface area contributed by atoms with Crippen LogP contribution in [-0.4, -0.2) is 31.0 Å². The summed E-state index contributed by atoms with van der Waals surface area (Å²) in [7, 11) is 0. The summed E-state index contributed by atoms with van der Waals surface area (Å²) in [6.45, 7) is 6.36. The fourth-order valence-corrected chi connectivity index (χ4v) is 3.78. The van der Waals surface area contributed by atoms with E-state index in [0.29, 0.717) is 30.4 Å². The number of amides is 1. The molecule has 5 rings (SSSR count). The molecule has 9 heteroatoms. The van der Waals surface area contributed by atoms with E-state index >= 15 is 0 Å². The fraction of sp³-hybridized carbons (Fsp3) is 0.318. The molecular weight excluding hydrogens is 396 g/mol. The van der Waals surface area contributed by atoms with Crippen LogP contribution in [0.5, 0.6) is 0 Å². The number of hydrogen-bond acceptors (Lipinski definition) is 7. The predicted octanol–water partition coefficient (Wildman–Crippen LogP) is 3.68. The Hall–Kier alpha value is -3.75. The normalized spacial score (nSPS) is 15.6. The van der Waals surface area contributed by atoms with Crippen molar-refractivity contribution in [2.24, 2.45) is 0 Å². The second-order valence-electron chi connectivity index (χ2n) is 8.06. The summed E-state index contributed by atoms with van der Waals surface area (Å²) in [5.74, 6) is 1.45. The van der Waals surface area contributed by atoms with Crippen LogP contribution in [0.1, 0.15) is 64.9 Å². The maximum absolute atomic E-state index is 13.5. The smallest absolute Gasteiger partial charge is 0.281 e. The molecule has 1 aliphatic rings. The maximum atomic E-state index is 13.5. The molecule has 31 heavy (non-hydrogen) atoms. The zero-order valence-electron chi connectivity index (χ0n) is 17.5. The van der Waals surface area contributed by atoms with E-state index in [9.17, 15) is 4.79 Å². The lowest BCUT2D eigenvalue weighted by Gasteiger charge is -2.21. The Kier molecular flexibility index (Phi) is 4.65. The first kappa shape index (κ1) is 19.2. The molecule has 4 aromatic rings. The van der Waals surface area contributed by atoms with Crippen LogP contribution >= 0.6 is 0 Å². The van der Waals surface area contributed by atoms with Crippen LogP contribution in [0, 0.1) is 6.92 Å². The Balaban J connectivity index is 1.46. The minimum atomic E-state index is -0.390. The number of hydrogen-bond donors (Lipinski definition) is 0. The fourth-order valence-electron chi connectivity index (χ4n) is 3.78. The first-order valence-corrected chi connectivity index (χ1v) is 10.2. The molecule has 1 amide bonds. The third-order valence-corrected chi connectivity index (χ3v) is 5.31. The van der Waals surface area contributed by atoms with E-state index in [1.807, 2.05) is 51.2 Å². The molecule has 0 radical (unpaired) electrons. The molecule has 0 saturated carbocycles. The predicted molar refractivity (Wildman–Crippen MR) is 111 cm³/mol. The molecule has 0 bridgehead atoms. The monoisotopic (exact) mass is 418 g/mol.